The topological polar surface area (TPSA) is 130 Å². The lowest BCUT2D eigenvalue weighted by molar-refractivity contribution is -0.156. The number of hydrogen-bond donors (Lipinski definition) is 3. The molecule has 1 aromatic heterocycles. The Morgan fingerprint density at radius 3 is 2.53 bits per heavy atom. The molecule has 2 aromatic carbocycles. The number of aryl methyl sites for hydroxylation is 1. The molecule has 3 N–H and O–H groups in total. The number of amides is 3. The van der Waals surface area contributed by atoms with E-state index in [1.54, 1.807) is 61.5 Å². The summed E-state index contributed by atoms with van der Waals surface area (Å²) < 4.78 is 5.39. The van der Waals surface area contributed by atoms with Crippen molar-refractivity contribution in [1.29, 1.82) is 0 Å². The van der Waals surface area contributed by atoms with E-state index in [9.17, 15) is 19.2 Å². The van der Waals surface area contributed by atoms with Gasteiger partial charge < -0.3 is 15.0 Å². The van der Waals surface area contributed by atoms with Gasteiger partial charge in [0.05, 0.1) is 10.9 Å². The van der Waals surface area contributed by atoms with Crippen LogP contribution in [0.2, 0.25) is 0 Å². The second-order valence-corrected chi connectivity index (χ2v) is 7.01. The van der Waals surface area contributed by atoms with E-state index in [1.165, 1.54) is 0 Å². The van der Waals surface area contributed by atoms with Gasteiger partial charge in [-0.25, -0.2) is 9.78 Å². The summed E-state index contributed by atoms with van der Waals surface area (Å²) in [5, 5.41) is 5.13. The molecule has 0 saturated carbocycles. The van der Waals surface area contributed by atoms with Gasteiger partial charge in [0, 0.05) is 24.9 Å². The van der Waals surface area contributed by atoms with E-state index < -0.39 is 24.0 Å². The maximum absolute atomic E-state index is 12.5. The van der Waals surface area contributed by atoms with Crippen molar-refractivity contribution in [3.8, 4) is 0 Å². The van der Waals surface area contributed by atoms with Crippen LogP contribution >= 0.6 is 0 Å². The lowest BCUT2D eigenvalue weighted by Gasteiger charge is -2.17. The number of H-pyrrole nitrogens is 1. The van der Waals surface area contributed by atoms with Crippen LogP contribution in [0.5, 0.6) is 0 Å². The predicted molar refractivity (Wildman–Crippen MR) is 118 cm³/mol. The molecule has 1 unspecified atom stereocenters. The highest BCUT2D eigenvalue weighted by atomic mass is 16.5. The number of benzene rings is 2. The Kier molecular flexibility index (Phi) is 7.69. The minimum atomic E-state index is -1.26. The number of urea groups is 1. The molecule has 0 aliphatic carbocycles. The lowest BCUT2D eigenvalue weighted by atomic mass is 10.1. The van der Waals surface area contributed by atoms with Crippen LogP contribution in [0.25, 0.3) is 10.9 Å². The number of carbonyl (C=O) groups is 3. The summed E-state index contributed by atoms with van der Waals surface area (Å²) in [6.07, 6.45) is -0.533. The predicted octanol–water partition coefficient (Wildman–Crippen LogP) is 2.38. The highest BCUT2D eigenvalue weighted by molar-refractivity contribution is 5.97. The molecule has 0 bridgehead atoms. The van der Waals surface area contributed by atoms with E-state index in [2.05, 4.69) is 20.6 Å². The molecule has 3 amide bonds. The van der Waals surface area contributed by atoms with Crippen molar-refractivity contribution in [3.05, 3.63) is 76.3 Å². The lowest BCUT2D eigenvalue weighted by Crippen LogP contribution is -2.42. The van der Waals surface area contributed by atoms with Gasteiger partial charge in [-0.3, -0.25) is 19.7 Å². The highest BCUT2D eigenvalue weighted by Gasteiger charge is 2.26. The number of fused-ring (bicyclic) bond motifs is 1. The second-order valence-electron chi connectivity index (χ2n) is 7.01. The first-order chi connectivity index (χ1) is 15.5. The van der Waals surface area contributed by atoms with Gasteiger partial charge in [0.1, 0.15) is 5.82 Å². The van der Waals surface area contributed by atoms with E-state index >= 15 is 0 Å². The van der Waals surface area contributed by atoms with Crippen LogP contribution < -0.4 is 16.2 Å². The maximum Gasteiger partial charge on any atom is 0.321 e. The third-order valence-electron chi connectivity index (χ3n) is 4.62. The number of nitrogens with zero attached hydrogens (tertiary/aromatic N) is 1. The number of aromatic nitrogens is 2. The zero-order chi connectivity index (χ0) is 22.9. The Bertz CT molecular complexity index is 1160. The zero-order valence-corrected chi connectivity index (χ0v) is 17.6. The van der Waals surface area contributed by atoms with Gasteiger partial charge in [0.2, 0.25) is 6.10 Å². The van der Waals surface area contributed by atoms with Crippen LogP contribution in [0.3, 0.4) is 0 Å². The molecule has 32 heavy (non-hydrogen) atoms. The Labute approximate surface area is 184 Å². The van der Waals surface area contributed by atoms with Gasteiger partial charge in [0.25, 0.3) is 11.5 Å². The minimum Gasteiger partial charge on any atom is -0.447 e. The van der Waals surface area contributed by atoms with Crippen molar-refractivity contribution in [2.45, 2.75) is 32.3 Å². The number of esters is 1. The molecule has 3 rings (SSSR count). The molecular formula is C23H24N4O5. The van der Waals surface area contributed by atoms with Crippen molar-refractivity contribution >= 4 is 28.8 Å². The fourth-order valence-electron chi connectivity index (χ4n) is 3.13. The Morgan fingerprint density at radius 2 is 1.78 bits per heavy atom. The van der Waals surface area contributed by atoms with Crippen molar-refractivity contribution < 1.29 is 19.1 Å². The van der Waals surface area contributed by atoms with Gasteiger partial charge >= 0.3 is 12.0 Å². The van der Waals surface area contributed by atoms with Gasteiger partial charge in [-0.15, -0.1) is 0 Å². The van der Waals surface area contributed by atoms with Crippen molar-refractivity contribution in [3.63, 3.8) is 0 Å². The van der Waals surface area contributed by atoms with Crippen LogP contribution in [0.1, 0.15) is 37.3 Å². The first kappa shape index (κ1) is 22.7. The number of ether oxygens (including phenoxy) is 1. The van der Waals surface area contributed by atoms with Crippen LogP contribution in [0, 0.1) is 0 Å². The number of carbonyl (C=O) groups excluding carboxylic acids is 3. The minimum absolute atomic E-state index is 0.00824. The Balaban J connectivity index is 1.62. The molecule has 0 aliphatic heterocycles. The summed E-state index contributed by atoms with van der Waals surface area (Å²) in [6, 6.07) is 14.8. The second kappa shape index (κ2) is 10.9. The third-order valence-corrected chi connectivity index (χ3v) is 4.62. The number of aromatic amines is 1. The molecule has 3 aromatic rings. The van der Waals surface area contributed by atoms with Gasteiger partial charge in [-0.2, -0.15) is 0 Å². The van der Waals surface area contributed by atoms with Gasteiger partial charge in [-0.05, 0) is 25.5 Å². The maximum atomic E-state index is 12.5. The SMILES string of the molecule is CCNC(=O)NC(=O)C(OC(=O)CCCc1nc2ccccc2c(=O)[nH]1)c1ccccc1. The van der Waals surface area contributed by atoms with E-state index in [-0.39, 0.29) is 12.0 Å². The summed E-state index contributed by atoms with van der Waals surface area (Å²) in [5.41, 5.74) is 0.794. The van der Waals surface area contributed by atoms with Crippen LogP contribution in [0.15, 0.2) is 59.4 Å². The largest absolute Gasteiger partial charge is 0.447 e. The summed E-state index contributed by atoms with van der Waals surface area (Å²) in [7, 11) is 0. The number of nitrogens with one attached hydrogen (secondary N) is 3. The van der Waals surface area contributed by atoms with Gasteiger partial charge in [-0.1, -0.05) is 42.5 Å². The first-order valence-corrected chi connectivity index (χ1v) is 10.3. The van der Waals surface area contributed by atoms with E-state index in [0.717, 1.165) is 0 Å². The normalized spacial score (nSPS) is 11.5. The van der Waals surface area contributed by atoms with Gasteiger partial charge in [0.15, 0.2) is 0 Å². The average Bonchev–Trinajstić information content (AvgIpc) is 2.78. The van der Waals surface area contributed by atoms with Crippen LogP contribution in [-0.2, 0) is 20.7 Å². The van der Waals surface area contributed by atoms with E-state index in [4.69, 9.17) is 4.74 Å². The molecule has 0 spiro atoms. The fraction of sp³-hybridized carbons (Fsp3) is 0.261. The number of hydrogen-bond acceptors (Lipinski definition) is 6. The number of para-hydroxylation sites is 1. The third kappa shape index (κ3) is 6.00. The molecule has 9 heteroatoms. The summed E-state index contributed by atoms with van der Waals surface area (Å²) >= 11 is 0. The van der Waals surface area contributed by atoms with E-state index in [1.807, 2.05) is 0 Å². The molecule has 9 nitrogen and oxygen atoms in total. The Hall–Kier alpha value is -4.01. The Morgan fingerprint density at radius 1 is 1.06 bits per heavy atom. The fourth-order valence-corrected chi connectivity index (χ4v) is 3.13. The summed E-state index contributed by atoms with van der Waals surface area (Å²) in [6.45, 7) is 2.07. The quantitative estimate of drug-likeness (QED) is 0.465. The highest BCUT2D eigenvalue weighted by Crippen LogP contribution is 2.19. The molecule has 0 aliphatic rings. The number of rotatable bonds is 8. The van der Waals surface area contributed by atoms with Crippen molar-refractivity contribution in [2.24, 2.45) is 0 Å². The smallest absolute Gasteiger partial charge is 0.321 e. The monoisotopic (exact) mass is 436 g/mol. The summed E-state index contributed by atoms with van der Waals surface area (Å²) in [5.74, 6) is -0.876. The van der Waals surface area contributed by atoms with Crippen LogP contribution in [-0.4, -0.2) is 34.4 Å². The molecule has 0 fully saturated rings. The number of imide groups is 1. The molecule has 0 radical (unpaired) electrons. The molecule has 166 valence electrons. The van der Waals surface area contributed by atoms with E-state index in [0.29, 0.717) is 41.7 Å². The summed E-state index contributed by atoms with van der Waals surface area (Å²) in [4.78, 5) is 55.9. The van der Waals surface area contributed by atoms with Crippen molar-refractivity contribution in [2.75, 3.05) is 6.54 Å². The van der Waals surface area contributed by atoms with Crippen molar-refractivity contribution in [1.82, 2.24) is 20.6 Å². The average molecular weight is 436 g/mol. The molecule has 0 saturated heterocycles. The molecule has 1 atom stereocenters. The molecular weight excluding hydrogens is 412 g/mol. The standard InChI is InChI=1S/C23H24N4O5/c1-2-24-23(31)27-22(30)20(15-9-4-3-5-10-15)32-19(28)14-8-13-18-25-17-12-7-6-11-16(17)21(29)26-18/h3-7,9-12,20H,2,8,13-14H2,1H3,(H,25,26,29)(H2,24,27,30,31). The first-order valence-electron chi connectivity index (χ1n) is 10.3. The zero-order valence-electron chi connectivity index (χ0n) is 17.6. The molecule has 1 heterocycles. The van der Waals surface area contributed by atoms with Crippen LogP contribution in [0.4, 0.5) is 4.79 Å².